The summed E-state index contributed by atoms with van der Waals surface area (Å²) in [6, 6.07) is 0. The second-order valence-corrected chi connectivity index (χ2v) is 3.04. The van der Waals surface area contributed by atoms with Crippen molar-refractivity contribution in [1.82, 2.24) is 14.8 Å². The SMILES string of the molecule is Cn1cnnc1C(F)C1CC1. The van der Waals surface area contributed by atoms with Gasteiger partial charge in [-0.2, -0.15) is 0 Å². The molecule has 1 aliphatic carbocycles. The maximum absolute atomic E-state index is 13.3. The molecule has 0 spiro atoms. The minimum Gasteiger partial charge on any atom is -0.318 e. The molecule has 60 valence electrons. The molecule has 1 aliphatic rings. The molecule has 11 heavy (non-hydrogen) atoms. The van der Waals surface area contributed by atoms with Crippen LogP contribution in [0.2, 0.25) is 0 Å². The van der Waals surface area contributed by atoms with Gasteiger partial charge >= 0.3 is 0 Å². The lowest BCUT2D eigenvalue weighted by atomic mass is 10.2. The molecule has 0 N–H and O–H groups in total. The number of aryl methyl sites for hydroxylation is 1. The number of rotatable bonds is 2. The van der Waals surface area contributed by atoms with Crippen molar-refractivity contribution in [2.75, 3.05) is 0 Å². The third-order valence-corrected chi connectivity index (χ3v) is 2.03. The quantitative estimate of drug-likeness (QED) is 0.643. The molecule has 0 aromatic carbocycles. The molecule has 1 saturated carbocycles. The molecule has 0 saturated heterocycles. The highest BCUT2D eigenvalue weighted by Gasteiger charge is 2.34. The molecule has 0 radical (unpaired) electrons. The van der Waals surface area contributed by atoms with E-state index in [1.54, 1.807) is 11.6 Å². The lowest BCUT2D eigenvalue weighted by molar-refractivity contribution is 0.284. The zero-order valence-electron chi connectivity index (χ0n) is 6.37. The van der Waals surface area contributed by atoms with Crippen molar-refractivity contribution in [3.8, 4) is 0 Å². The normalized spacial score (nSPS) is 20.2. The van der Waals surface area contributed by atoms with Crippen LogP contribution < -0.4 is 0 Å². The van der Waals surface area contributed by atoms with Crippen molar-refractivity contribution in [3.05, 3.63) is 12.2 Å². The van der Waals surface area contributed by atoms with E-state index in [2.05, 4.69) is 10.2 Å². The first kappa shape index (κ1) is 6.76. The summed E-state index contributed by atoms with van der Waals surface area (Å²) >= 11 is 0. The third-order valence-electron chi connectivity index (χ3n) is 2.03. The van der Waals surface area contributed by atoms with E-state index in [1.165, 1.54) is 6.33 Å². The van der Waals surface area contributed by atoms with Gasteiger partial charge in [-0.3, -0.25) is 0 Å². The first-order valence-electron chi connectivity index (χ1n) is 3.77. The van der Waals surface area contributed by atoms with Crippen molar-refractivity contribution in [2.45, 2.75) is 19.0 Å². The van der Waals surface area contributed by atoms with Crippen LogP contribution in [0.5, 0.6) is 0 Å². The number of alkyl halides is 1. The Morgan fingerprint density at radius 2 is 2.45 bits per heavy atom. The summed E-state index contributed by atoms with van der Waals surface area (Å²) < 4.78 is 14.9. The van der Waals surface area contributed by atoms with Crippen LogP contribution in [0.15, 0.2) is 6.33 Å². The van der Waals surface area contributed by atoms with Gasteiger partial charge < -0.3 is 4.57 Å². The minimum absolute atomic E-state index is 0.206. The monoisotopic (exact) mass is 155 g/mol. The zero-order valence-corrected chi connectivity index (χ0v) is 6.37. The molecule has 4 heteroatoms. The summed E-state index contributed by atoms with van der Waals surface area (Å²) in [6.45, 7) is 0. The van der Waals surface area contributed by atoms with Crippen molar-refractivity contribution in [1.29, 1.82) is 0 Å². The summed E-state index contributed by atoms with van der Waals surface area (Å²) in [5.74, 6) is 0.672. The second kappa shape index (κ2) is 2.29. The topological polar surface area (TPSA) is 30.7 Å². The van der Waals surface area contributed by atoms with Gasteiger partial charge in [-0.1, -0.05) is 0 Å². The van der Waals surface area contributed by atoms with E-state index in [1.807, 2.05) is 0 Å². The third kappa shape index (κ3) is 1.13. The van der Waals surface area contributed by atoms with Gasteiger partial charge in [-0.25, -0.2) is 4.39 Å². The van der Waals surface area contributed by atoms with Crippen molar-refractivity contribution in [2.24, 2.45) is 13.0 Å². The molecule has 1 aromatic heterocycles. The molecule has 1 fully saturated rings. The summed E-state index contributed by atoms with van der Waals surface area (Å²) in [6.07, 6.45) is 2.62. The van der Waals surface area contributed by atoms with Crippen LogP contribution in [0.25, 0.3) is 0 Å². The molecule has 0 amide bonds. The minimum atomic E-state index is -0.900. The molecule has 0 aliphatic heterocycles. The Kier molecular flexibility index (Phi) is 1.41. The van der Waals surface area contributed by atoms with Crippen molar-refractivity contribution in [3.63, 3.8) is 0 Å². The maximum Gasteiger partial charge on any atom is 0.167 e. The van der Waals surface area contributed by atoms with Crippen LogP contribution in [-0.4, -0.2) is 14.8 Å². The fraction of sp³-hybridized carbons (Fsp3) is 0.714. The molecular weight excluding hydrogens is 145 g/mol. The largest absolute Gasteiger partial charge is 0.318 e. The molecule has 1 aromatic rings. The van der Waals surface area contributed by atoms with Crippen LogP contribution in [0.1, 0.15) is 24.8 Å². The van der Waals surface area contributed by atoms with E-state index in [4.69, 9.17) is 0 Å². The van der Waals surface area contributed by atoms with Crippen LogP contribution >= 0.6 is 0 Å². The lowest BCUT2D eigenvalue weighted by Gasteiger charge is -2.03. The van der Waals surface area contributed by atoms with E-state index in [0.29, 0.717) is 5.82 Å². The van der Waals surface area contributed by atoms with E-state index in [9.17, 15) is 4.39 Å². The van der Waals surface area contributed by atoms with Gasteiger partial charge in [0.15, 0.2) is 12.0 Å². The Balaban J connectivity index is 2.20. The Morgan fingerprint density at radius 3 is 2.91 bits per heavy atom. The van der Waals surface area contributed by atoms with Crippen LogP contribution in [0.4, 0.5) is 4.39 Å². The lowest BCUT2D eigenvalue weighted by Crippen LogP contribution is -2.02. The molecule has 1 atom stereocenters. The predicted molar refractivity (Wildman–Crippen MR) is 37.6 cm³/mol. The average molecular weight is 155 g/mol. The number of nitrogens with zero attached hydrogens (tertiary/aromatic N) is 3. The van der Waals surface area contributed by atoms with Crippen LogP contribution in [0.3, 0.4) is 0 Å². The summed E-state index contributed by atoms with van der Waals surface area (Å²) in [5.41, 5.74) is 0. The maximum atomic E-state index is 13.3. The highest BCUT2D eigenvalue weighted by atomic mass is 19.1. The Bertz CT molecular complexity index is 254. The standard InChI is InChI=1S/C7H10FN3/c1-11-4-9-10-7(11)6(8)5-2-3-5/h4-6H,2-3H2,1H3. The number of hydrogen-bond donors (Lipinski definition) is 0. The Hall–Kier alpha value is -0.930. The number of halogens is 1. The Labute approximate surface area is 64.2 Å². The van der Waals surface area contributed by atoms with Gasteiger partial charge in [-0.15, -0.1) is 10.2 Å². The highest BCUT2D eigenvalue weighted by molar-refractivity contribution is 4.97. The smallest absolute Gasteiger partial charge is 0.167 e. The van der Waals surface area contributed by atoms with Gasteiger partial charge in [0.2, 0.25) is 0 Å². The van der Waals surface area contributed by atoms with E-state index in [-0.39, 0.29) is 5.92 Å². The second-order valence-electron chi connectivity index (χ2n) is 3.04. The fourth-order valence-corrected chi connectivity index (χ4v) is 1.14. The van der Waals surface area contributed by atoms with E-state index in [0.717, 1.165) is 12.8 Å². The van der Waals surface area contributed by atoms with Gasteiger partial charge in [0.1, 0.15) is 6.33 Å². The van der Waals surface area contributed by atoms with Crippen LogP contribution in [0, 0.1) is 5.92 Å². The molecular formula is C7H10FN3. The molecule has 3 nitrogen and oxygen atoms in total. The van der Waals surface area contributed by atoms with Gasteiger partial charge in [0.05, 0.1) is 0 Å². The van der Waals surface area contributed by atoms with Crippen molar-refractivity contribution < 1.29 is 4.39 Å². The Morgan fingerprint density at radius 1 is 1.73 bits per heavy atom. The predicted octanol–water partition coefficient (Wildman–Crippen LogP) is 1.24. The summed E-state index contributed by atoms with van der Waals surface area (Å²) in [5, 5.41) is 7.34. The van der Waals surface area contributed by atoms with Gasteiger partial charge in [0, 0.05) is 7.05 Å². The van der Waals surface area contributed by atoms with E-state index < -0.39 is 6.17 Å². The zero-order chi connectivity index (χ0) is 7.84. The fourth-order valence-electron chi connectivity index (χ4n) is 1.14. The molecule has 1 unspecified atom stereocenters. The first-order valence-corrected chi connectivity index (χ1v) is 3.77. The van der Waals surface area contributed by atoms with Crippen molar-refractivity contribution >= 4 is 0 Å². The van der Waals surface area contributed by atoms with Gasteiger partial charge in [-0.05, 0) is 18.8 Å². The average Bonchev–Trinajstić information content (AvgIpc) is 2.74. The molecule has 0 bridgehead atoms. The molecule has 2 rings (SSSR count). The summed E-state index contributed by atoms with van der Waals surface area (Å²) in [7, 11) is 1.77. The molecule has 1 heterocycles. The highest BCUT2D eigenvalue weighted by Crippen LogP contribution is 2.42. The number of aromatic nitrogens is 3. The number of hydrogen-bond acceptors (Lipinski definition) is 2. The van der Waals surface area contributed by atoms with Gasteiger partial charge in [0.25, 0.3) is 0 Å². The van der Waals surface area contributed by atoms with Crippen LogP contribution in [-0.2, 0) is 7.05 Å². The summed E-state index contributed by atoms with van der Waals surface area (Å²) in [4.78, 5) is 0. The first-order chi connectivity index (χ1) is 5.29. The van der Waals surface area contributed by atoms with E-state index >= 15 is 0 Å².